The minimum atomic E-state index is 0.320. The van der Waals surface area contributed by atoms with Gasteiger partial charge in [0.2, 0.25) is 0 Å². The lowest BCUT2D eigenvalue weighted by Crippen LogP contribution is -2.40. The van der Waals surface area contributed by atoms with E-state index in [2.05, 4.69) is 39.8 Å². The fraction of sp³-hybridized carbons (Fsp3) is 0.714. The molecule has 1 aromatic rings. The van der Waals surface area contributed by atoms with Crippen molar-refractivity contribution in [1.82, 2.24) is 15.6 Å². The zero-order valence-corrected chi connectivity index (χ0v) is 13.3. The summed E-state index contributed by atoms with van der Waals surface area (Å²) in [6, 6.07) is 0. The van der Waals surface area contributed by atoms with Gasteiger partial charge in [-0.2, -0.15) is 0 Å². The van der Waals surface area contributed by atoms with Crippen LogP contribution in [0.4, 0.5) is 0 Å². The lowest BCUT2D eigenvalue weighted by Gasteiger charge is -2.14. The fourth-order valence-corrected chi connectivity index (χ4v) is 2.96. The minimum Gasteiger partial charge on any atom is -0.376 e. The summed E-state index contributed by atoms with van der Waals surface area (Å²) in [6.45, 7) is 6.73. The van der Waals surface area contributed by atoms with Crippen LogP contribution in [0, 0.1) is 0 Å². The normalized spacial score (nSPS) is 19.6. The standard InChI is InChI=1S/C14H24N4OS/c1-10(2)12-9-20-13(18-12)8-17-14(15-3)16-7-11-5-4-6-19-11/h9-11H,4-8H2,1-3H3,(H2,15,16,17). The van der Waals surface area contributed by atoms with E-state index in [1.165, 1.54) is 0 Å². The Kier molecular flexibility index (Phi) is 5.79. The number of rotatable bonds is 5. The van der Waals surface area contributed by atoms with Gasteiger partial charge in [0.15, 0.2) is 5.96 Å². The van der Waals surface area contributed by atoms with Gasteiger partial charge in [0.1, 0.15) is 5.01 Å². The van der Waals surface area contributed by atoms with Gasteiger partial charge >= 0.3 is 0 Å². The maximum Gasteiger partial charge on any atom is 0.191 e. The van der Waals surface area contributed by atoms with E-state index in [-0.39, 0.29) is 0 Å². The quantitative estimate of drug-likeness (QED) is 0.645. The number of guanidine groups is 1. The molecule has 1 aromatic heterocycles. The zero-order valence-electron chi connectivity index (χ0n) is 12.5. The van der Waals surface area contributed by atoms with Gasteiger partial charge in [-0.3, -0.25) is 4.99 Å². The van der Waals surface area contributed by atoms with E-state index in [0.29, 0.717) is 18.6 Å². The van der Waals surface area contributed by atoms with Crippen LogP contribution in [0.2, 0.25) is 0 Å². The van der Waals surface area contributed by atoms with E-state index < -0.39 is 0 Å². The number of nitrogens with zero attached hydrogens (tertiary/aromatic N) is 2. The Bertz CT molecular complexity index is 438. The Morgan fingerprint density at radius 2 is 2.40 bits per heavy atom. The Hall–Kier alpha value is -1.14. The van der Waals surface area contributed by atoms with Crippen molar-refractivity contribution in [3.05, 3.63) is 16.1 Å². The van der Waals surface area contributed by atoms with Crippen LogP contribution in [-0.4, -0.2) is 37.2 Å². The van der Waals surface area contributed by atoms with Gasteiger partial charge < -0.3 is 15.4 Å². The maximum absolute atomic E-state index is 5.58. The van der Waals surface area contributed by atoms with Gasteiger partial charge in [-0.1, -0.05) is 13.8 Å². The van der Waals surface area contributed by atoms with Gasteiger partial charge in [-0.15, -0.1) is 11.3 Å². The third kappa shape index (κ3) is 4.45. The minimum absolute atomic E-state index is 0.320. The van der Waals surface area contributed by atoms with Crippen molar-refractivity contribution in [1.29, 1.82) is 0 Å². The molecule has 2 heterocycles. The molecule has 2 N–H and O–H groups in total. The van der Waals surface area contributed by atoms with Crippen molar-refractivity contribution in [3.8, 4) is 0 Å². The van der Waals surface area contributed by atoms with E-state index >= 15 is 0 Å². The van der Waals surface area contributed by atoms with Crippen molar-refractivity contribution in [2.24, 2.45) is 4.99 Å². The molecule has 1 unspecified atom stereocenters. The smallest absolute Gasteiger partial charge is 0.191 e. The van der Waals surface area contributed by atoms with Gasteiger partial charge in [0.05, 0.1) is 18.3 Å². The summed E-state index contributed by atoms with van der Waals surface area (Å²) in [4.78, 5) is 8.82. The lowest BCUT2D eigenvalue weighted by molar-refractivity contribution is 0.114. The number of aromatic nitrogens is 1. The van der Waals surface area contributed by atoms with Crippen LogP contribution in [0.15, 0.2) is 10.4 Å². The Balaban J connectivity index is 1.75. The third-order valence-corrected chi connectivity index (χ3v) is 4.18. The summed E-state index contributed by atoms with van der Waals surface area (Å²) in [5, 5.41) is 9.82. The molecule has 0 saturated carbocycles. The van der Waals surface area contributed by atoms with E-state index in [4.69, 9.17) is 4.74 Å². The van der Waals surface area contributed by atoms with Crippen LogP contribution < -0.4 is 10.6 Å². The van der Waals surface area contributed by atoms with Gasteiger partial charge in [0, 0.05) is 25.6 Å². The molecule has 0 radical (unpaired) electrons. The fourth-order valence-electron chi connectivity index (χ4n) is 2.07. The van der Waals surface area contributed by atoms with Crippen LogP contribution in [0.5, 0.6) is 0 Å². The maximum atomic E-state index is 5.58. The first-order valence-electron chi connectivity index (χ1n) is 7.19. The number of ether oxygens (including phenoxy) is 1. The van der Waals surface area contributed by atoms with Gasteiger partial charge in [-0.25, -0.2) is 4.98 Å². The molecule has 1 aliphatic rings. The molecule has 2 rings (SSSR count). The highest BCUT2D eigenvalue weighted by Gasteiger charge is 2.15. The molecule has 0 amide bonds. The largest absolute Gasteiger partial charge is 0.376 e. The summed E-state index contributed by atoms with van der Waals surface area (Å²) >= 11 is 1.69. The van der Waals surface area contributed by atoms with Crippen LogP contribution in [-0.2, 0) is 11.3 Å². The number of hydrogen-bond acceptors (Lipinski definition) is 4. The highest BCUT2D eigenvalue weighted by Crippen LogP contribution is 2.17. The molecular formula is C14H24N4OS. The molecule has 1 atom stereocenters. The molecule has 1 saturated heterocycles. The molecular weight excluding hydrogens is 272 g/mol. The van der Waals surface area contributed by atoms with E-state index in [9.17, 15) is 0 Å². The second-order valence-electron chi connectivity index (χ2n) is 5.26. The SMILES string of the molecule is CN=C(NCc1nc(C(C)C)cs1)NCC1CCCO1. The zero-order chi connectivity index (χ0) is 14.4. The van der Waals surface area contributed by atoms with Crippen molar-refractivity contribution in [3.63, 3.8) is 0 Å². The predicted octanol–water partition coefficient (Wildman–Crippen LogP) is 2.11. The van der Waals surface area contributed by atoms with Gasteiger partial charge in [-0.05, 0) is 18.8 Å². The highest BCUT2D eigenvalue weighted by molar-refractivity contribution is 7.09. The highest BCUT2D eigenvalue weighted by atomic mass is 32.1. The number of hydrogen-bond donors (Lipinski definition) is 2. The first-order chi connectivity index (χ1) is 9.69. The molecule has 0 aromatic carbocycles. The average molecular weight is 296 g/mol. The molecule has 1 fully saturated rings. The average Bonchev–Trinajstić information content (AvgIpc) is 3.10. The van der Waals surface area contributed by atoms with E-state index in [1.54, 1.807) is 18.4 Å². The predicted molar refractivity (Wildman–Crippen MR) is 83.4 cm³/mol. The summed E-state index contributed by atoms with van der Waals surface area (Å²) in [5.41, 5.74) is 1.16. The summed E-state index contributed by atoms with van der Waals surface area (Å²) in [7, 11) is 1.78. The first-order valence-corrected chi connectivity index (χ1v) is 8.07. The topological polar surface area (TPSA) is 58.5 Å². The van der Waals surface area contributed by atoms with Crippen molar-refractivity contribution >= 4 is 17.3 Å². The molecule has 5 nitrogen and oxygen atoms in total. The summed E-state index contributed by atoms with van der Waals surface area (Å²) in [5.74, 6) is 1.29. The second kappa shape index (κ2) is 7.59. The lowest BCUT2D eigenvalue weighted by atomic mass is 10.2. The summed E-state index contributed by atoms with van der Waals surface area (Å²) < 4.78 is 5.58. The van der Waals surface area contributed by atoms with Crippen LogP contribution in [0.1, 0.15) is 43.3 Å². The van der Waals surface area contributed by atoms with Crippen LogP contribution in [0.3, 0.4) is 0 Å². The Morgan fingerprint density at radius 3 is 3.00 bits per heavy atom. The summed E-state index contributed by atoms with van der Waals surface area (Å²) in [6.07, 6.45) is 2.62. The number of nitrogens with one attached hydrogen (secondary N) is 2. The third-order valence-electron chi connectivity index (χ3n) is 3.31. The van der Waals surface area contributed by atoms with Crippen molar-refractivity contribution in [2.45, 2.75) is 45.3 Å². The van der Waals surface area contributed by atoms with Crippen LogP contribution >= 0.6 is 11.3 Å². The molecule has 1 aliphatic heterocycles. The molecule has 6 heteroatoms. The monoisotopic (exact) mass is 296 g/mol. The van der Waals surface area contributed by atoms with E-state index in [0.717, 1.165) is 42.7 Å². The molecule has 0 spiro atoms. The Labute approximate surface area is 124 Å². The number of aliphatic imine (C=N–C) groups is 1. The molecule has 20 heavy (non-hydrogen) atoms. The van der Waals surface area contributed by atoms with E-state index in [1.807, 2.05) is 0 Å². The number of thiazole rings is 1. The van der Waals surface area contributed by atoms with Crippen molar-refractivity contribution in [2.75, 3.05) is 20.2 Å². The Morgan fingerprint density at radius 1 is 1.55 bits per heavy atom. The molecule has 0 bridgehead atoms. The second-order valence-corrected chi connectivity index (χ2v) is 6.21. The first kappa shape index (κ1) is 15.3. The molecule has 0 aliphatic carbocycles. The molecule has 112 valence electrons. The van der Waals surface area contributed by atoms with Crippen molar-refractivity contribution < 1.29 is 4.74 Å². The van der Waals surface area contributed by atoms with Gasteiger partial charge in [0.25, 0.3) is 0 Å². The van der Waals surface area contributed by atoms with Crippen LogP contribution in [0.25, 0.3) is 0 Å².